The molecular formula is C19H20F2N4OS. The van der Waals surface area contributed by atoms with Crippen LogP contribution in [0.1, 0.15) is 43.2 Å². The van der Waals surface area contributed by atoms with Gasteiger partial charge in [0.2, 0.25) is 0 Å². The molecule has 0 bridgehead atoms. The molecule has 1 atom stereocenters. The molecule has 1 aliphatic heterocycles. The quantitative estimate of drug-likeness (QED) is 0.828. The average molecular weight is 390 g/mol. The number of hydrogen-bond donors (Lipinski definition) is 2. The van der Waals surface area contributed by atoms with Gasteiger partial charge in [-0.2, -0.15) is 0 Å². The van der Waals surface area contributed by atoms with Gasteiger partial charge >= 0.3 is 0 Å². The summed E-state index contributed by atoms with van der Waals surface area (Å²) in [7, 11) is 0. The molecular weight excluding hydrogens is 370 g/mol. The zero-order valence-corrected chi connectivity index (χ0v) is 16.0. The van der Waals surface area contributed by atoms with Gasteiger partial charge in [0.15, 0.2) is 16.7 Å². The van der Waals surface area contributed by atoms with Crippen LogP contribution in [0.15, 0.2) is 41.5 Å². The van der Waals surface area contributed by atoms with E-state index < -0.39 is 23.1 Å². The highest BCUT2D eigenvalue weighted by atomic mass is 32.2. The Hall–Kier alpha value is -2.48. The van der Waals surface area contributed by atoms with Crippen LogP contribution < -0.4 is 11.1 Å². The summed E-state index contributed by atoms with van der Waals surface area (Å²) in [6.45, 7) is 5.85. The SMILES string of the molecule is CC1(C)C[C@@](C)(c2cc(NC(=O)c3ncccc3F)ccc2F)N=C(N)S1. The van der Waals surface area contributed by atoms with E-state index in [-0.39, 0.29) is 10.4 Å². The zero-order valence-electron chi connectivity index (χ0n) is 15.2. The summed E-state index contributed by atoms with van der Waals surface area (Å²) in [5, 5.41) is 2.95. The summed E-state index contributed by atoms with van der Waals surface area (Å²) in [5.74, 6) is -1.88. The van der Waals surface area contributed by atoms with Crippen molar-refractivity contribution in [3.05, 3.63) is 59.4 Å². The number of amides is 1. The predicted molar refractivity (Wildman–Crippen MR) is 104 cm³/mol. The fourth-order valence-corrected chi connectivity index (χ4v) is 4.53. The fourth-order valence-electron chi connectivity index (χ4n) is 3.37. The topological polar surface area (TPSA) is 80.4 Å². The Morgan fingerprint density at radius 3 is 2.63 bits per heavy atom. The molecule has 1 aromatic carbocycles. The highest BCUT2D eigenvalue weighted by Crippen LogP contribution is 2.45. The van der Waals surface area contributed by atoms with Gasteiger partial charge in [-0.1, -0.05) is 25.6 Å². The van der Waals surface area contributed by atoms with Crippen molar-refractivity contribution in [3.8, 4) is 0 Å². The van der Waals surface area contributed by atoms with Gasteiger partial charge in [0.1, 0.15) is 5.82 Å². The number of amidine groups is 1. The van der Waals surface area contributed by atoms with E-state index in [2.05, 4.69) is 15.3 Å². The third kappa shape index (κ3) is 4.10. The van der Waals surface area contributed by atoms with Crippen LogP contribution in [0.3, 0.4) is 0 Å². The minimum absolute atomic E-state index is 0.219. The number of anilines is 1. The van der Waals surface area contributed by atoms with Crippen LogP contribution in [0.2, 0.25) is 0 Å². The minimum Gasteiger partial charge on any atom is -0.378 e. The lowest BCUT2D eigenvalue weighted by molar-refractivity contribution is 0.101. The molecule has 0 fully saturated rings. The number of aromatic nitrogens is 1. The number of nitrogens with one attached hydrogen (secondary N) is 1. The maximum atomic E-state index is 14.6. The molecule has 142 valence electrons. The molecule has 2 heterocycles. The van der Waals surface area contributed by atoms with Gasteiger partial charge in [0, 0.05) is 22.2 Å². The largest absolute Gasteiger partial charge is 0.378 e. The predicted octanol–water partition coefficient (Wildman–Crippen LogP) is 4.06. The number of carbonyl (C=O) groups is 1. The van der Waals surface area contributed by atoms with Crippen molar-refractivity contribution in [1.82, 2.24) is 4.98 Å². The first kappa shape index (κ1) is 19.3. The second-order valence-electron chi connectivity index (χ2n) is 7.25. The van der Waals surface area contributed by atoms with Crippen LogP contribution in [-0.4, -0.2) is 20.8 Å². The fraction of sp³-hybridized carbons (Fsp3) is 0.316. The summed E-state index contributed by atoms with van der Waals surface area (Å²) >= 11 is 1.45. The van der Waals surface area contributed by atoms with Crippen molar-refractivity contribution in [2.24, 2.45) is 10.7 Å². The van der Waals surface area contributed by atoms with E-state index in [9.17, 15) is 13.6 Å². The molecule has 2 aromatic rings. The summed E-state index contributed by atoms with van der Waals surface area (Å²) < 4.78 is 28.1. The van der Waals surface area contributed by atoms with E-state index in [4.69, 9.17) is 5.73 Å². The molecule has 0 radical (unpaired) electrons. The van der Waals surface area contributed by atoms with Crippen molar-refractivity contribution in [2.75, 3.05) is 5.32 Å². The normalized spacial score (nSPS) is 21.4. The first-order valence-electron chi connectivity index (χ1n) is 8.36. The van der Waals surface area contributed by atoms with Crippen LogP contribution in [0, 0.1) is 11.6 Å². The van der Waals surface area contributed by atoms with Gasteiger partial charge in [-0.15, -0.1) is 0 Å². The van der Waals surface area contributed by atoms with Gasteiger partial charge < -0.3 is 11.1 Å². The van der Waals surface area contributed by atoms with Crippen LogP contribution in [0.5, 0.6) is 0 Å². The third-order valence-electron chi connectivity index (χ3n) is 4.29. The van der Waals surface area contributed by atoms with Gasteiger partial charge in [-0.05, 0) is 43.7 Å². The first-order chi connectivity index (χ1) is 12.6. The van der Waals surface area contributed by atoms with Crippen LogP contribution in [0.25, 0.3) is 0 Å². The highest BCUT2D eigenvalue weighted by Gasteiger charge is 2.40. The van der Waals surface area contributed by atoms with Crippen LogP contribution in [-0.2, 0) is 5.54 Å². The van der Waals surface area contributed by atoms with Crippen molar-refractivity contribution in [2.45, 2.75) is 37.5 Å². The lowest BCUT2D eigenvalue weighted by Crippen LogP contribution is -2.38. The van der Waals surface area contributed by atoms with Gasteiger partial charge in [0.05, 0.1) is 5.54 Å². The number of hydrogen-bond acceptors (Lipinski definition) is 5. The van der Waals surface area contributed by atoms with Gasteiger partial charge in [-0.25, -0.2) is 13.8 Å². The van der Waals surface area contributed by atoms with Gasteiger partial charge in [0.25, 0.3) is 5.91 Å². The number of nitrogens with two attached hydrogens (primary N) is 1. The third-order valence-corrected chi connectivity index (χ3v) is 5.28. The molecule has 0 unspecified atom stereocenters. The van der Waals surface area contributed by atoms with Crippen molar-refractivity contribution < 1.29 is 13.6 Å². The molecule has 1 aliphatic rings. The van der Waals surface area contributed by atoms with E-state index in [0.717, 1.165) is 6.07 Å². The van der Waals surface area contributed by atoms with E-state index >= 15 is 0 Å². The van der Waals surface area contributed by atoms with E-state index in [1.54, 1.807) is 0 Å². The van der Waals surface area contributed by atoms with Crippen molar-refractivity contribution >= 4 is 28.5 Å². The monoisotopic (exact) mass is 390 g/mol. The van der Waals surface area contributed by atoms with Gasteiger partial charge in [-0.3, -0.25) is 9.79 Å². The number of pyridine rings is 1. The molecule has 1 amide bonds. The molecule has 0 aliphatic carbocycles. The standard InChI is InChI=1S/C19H20F2N4OS/c1-18(2)10-19(3,25-17(22)27-18)12-9-11(6-7-13(12)20)24-16(26)15-14(21)5-4-8-23-15/h4-9H,10H2,1-3H3,(H2,22,25)(H,24,26)/t19-/m0/s1. The first-order valence-corrected chi connectivity index (χ1v) is 9.18. The molecule has 3 N–H and O–H groups in total. The summed E-state index contributed by atoms with van der Waals surface area (Å²) in [4.78, 5) is 20.5. The number of nitrogens with zero attached hydrogens (tertiary/aromatic N) is 2. The molecule has 0 saturated heterocycles. The Balaban J connectivity index is 1.95. The number of rotatable bonds is 3. The lowest BCUT2D eigenvalue weighted by Gasteiger charge is -2.39. The minimum atomic E-state index is -0.875. The molecule has 8 heteroatoms. The Kier molecular flexibility index (Phi) is 4.94. The maximum Gasteiger partial charge on any atom is 0.277 e. The van der Waals surface area contributed by atoms with Crippen molar-refractivity contribution in [1.29, 1.82) is 0 Å². The number of benzene rings is 1. The second kappa shape index (κ2) is 6.92. The van der Waals surface area contributed by atoms with E-state index in [1.807, 2.05) is 20.8 Å². The van der Waals surface area contributed by atoms with Crippen molar-refractivity contribution in [3.63, 3.8) is 0 Å². The average Bonchev–Trinajstić information content (AvgIpc) is 2.54. The van der Waals surface area contributed by atoms with Crippen LogP contribution in [0.4, 0.5) is 14.5 Å². The van der Waals surface area contributed by atoms with E-state index in [1.165, 1.54) is 42.2 Å². The number of halogens is 2. The summed E-state index contributed by atoms with van der Waals surface area (Å²) in [6, 6.07) is 6.73. The Morgan fingerprint density at radius 2 is 1.96 bits per heavy atom. The molecule has 0 saturated carbocycles. The zero-order chi connectivity index (χ0) is 19.8. The number of aliphatic imine (C=N–C) groups is 1. The Bertz CT molecular complexity index is 932. The molecule has 27 heavy (non-hydrogen) atoms. The van der Waals surface area contributed by atoms with Crippen LogP contribution >= 0.6 is 11.8 Å². The smallest absolute Gasteiger partial charge is 0.277 e. The Labute approximate surface area is 160 Å². The Morgan fingerprint density at radius 1 is 1.22 bits per heavy atom. The molecule has 3 rings (SSSR count). The molecule has 1 aromatic heterocycles. The molecule has 0 spiro atoms. The molecule has 5 nitrogen and oxygen atoms in total. The highest BCUT2D eigenvalue weighted by molar-refractivity contribution is 8.15. The van der Waals surface area contributed by atoms with E-state index in [0.29, 0.717) is 22.8 Å². The second-order valence-corrected chi connectivity index (χ2v) is 8.97. The summed E-state index contributed by atoms with van der Waals surface area (Å²) in [5.41, 5.74) is 5.40. The lowest BCUT2D eigenvalue weighted by atomic mass is 9.83. The number of carbonyl (C=O) groups excluding carboxylic acids is 1. The summed E-state index contributed by atoms with van der Waals surface area (Å²) in [6.07, 6.45) is 1.89. The number of thioether (sulfide) groups is 1. The maximum absolute atomic E-state index is 14.6.